The van der Waals surface area contributed by atoms with E-state index in [9.17, 15) is 9.59 Å². The summed E-state index contributed by atoms with van der Waals surface area (Å²) >= 11 is 9.97. The molecule has 178 valence electrons. The number of nitrogens with zero attached hydrogens (tertiary/aromatic N) is 2. The lowest BCUT2D eigenvalue weighted by molar-refractivity contribution is -0.121. The van der Waals surface area contributed by atoms with Crippen LogP contribution in [0.2, 0.25) is 5.02 Å². The molecule has 6 nitrogen and oxygen atoms in total. The normalized spacial score (nSPS) is 15.7. The van der Waals surface area contributed by atoms with E-state index in [2.05, 4.69) is 27.6 Å². The van der Waals surface area contributed by atoms with E-state index in [4.69, 9.17) is 21.1 Å². The van der Waals surface area contributed by atoms with Crippen LogP contribution in [-0.2, 0) is 16.1 Å². The van der Waals surface area contributed by atoms with Crippen LogP contribution in [0.25, 0.3) is 6.08 Å². The first-order chi connectivity index (χ1) is 16.8. The molecule has 0 aliphatic carbocycles. The fourth-order valence-electron chi connectivity index (χ4n) is 3.17. The Balaban J connectivity index is 1.46. The van der Waals surface area contributed by atoms with Gasteiger partial charge in [0.1, 0.15) is 12.4 Å². The first-order valence-electron chi connectivity index (χ1n) is 10.5. The maximum Gasteiger partial charge on any atom is 0.337 e. The van der Waals surface area contributed by atoms with Gasteiger partial charge in [-0.15, -0.1) is 0 Å². The quantitative estimate of drug-likeness (QED) is 0.178. The molecule has 3 aromatic rings. The molecule has 0 bridgehead atoms. The molecule has 0 N–H and O–H groups in total. The minimum atomic E-state index is -0.415. The molecule has 1 saturated heterocycles. The van der Waals surface area contributed by atoms with Crippen molar-refractivity contribution in [2.24, 2.45) is 4.99 Å². The Morgan fingerprint density at radius 1 is 1.11 bits per heavy atom. The fourth-order valence-corrected chi connectivity index (χ4v) is 4.76. The van der Waals surface area contributed by atoms with E-state index >= 15 is 0 Å². The van der Waals surface area contributed by atoms with Crippen molar-refractivity contribution >= 4 is 74.8 Å². The van der Waals surface area contributed by atoms with Crippen molar-refractivity contribution in [3.8, 4) is 5.75 Å². The van der Waals surface area contributed by atoms with Crippen LogP contribution in [0.15, 0.2) is 76.6 Å². The van der Waals surface area contributed by atoms with Crippen LogP contribution in [0.3, 0.4) is 0 Å². The Bertz CT molecular complexity index is 1320. The van der Waals surface area contributed by atoms with Crippen molar-refractivity contribution in [1.82, 2.24) is 4.90 Å². The van der Waals surface area contributed by atoms with E-state index in [0.717, 1.165) is 14.7 Å². The number of aliphatic imine (C=N–C) groups is 1. The van der Waals surface area contributed by atoms with E-state index in [0.29, 0.717) is 38.7 Å². The molecule has 0 unspecified atom stereocenters. The number of amides is 1. The number of carbonyl (C=O) groups excluding carboxylic acids is 2. The van der Waals surface area contributed by atoms with Gasteiger partial charge in [0, 0.05) is 10.6 Å². The molecule has 35 heavy (non-hydrogen) atoms. The summed E-state index contributed by atoms with van der Waals surface area (Å²) in [7, 11) is 3.01. The lowest BCUT2D eigenvalue weighted by Crippen LogP contribution is -2.23. The molecule has 1 heterocycles. The Hall–Kier alpha value is -2.82. The molecule has 0 atom stereocenters. The minimum Gasteiger partial charge on any atom is -0.487 e. The summed E-state index contributed by atoms with van der Waals surface area (Å²) in [6.07, 6.45) is 1.78. The van der Waals surface area contributed by atoms with Crippen molar-refractivity contribution in [2.45, 2.75) is 6.61 Å². The predicted molar refractivity (Wildman–Crippen MR) is 148 cm³/mol. The number of benzene rings is 3. The fraction of sp³-hybridized carbons (Fsp3) is 0.115. The molecule has 1 aliphatic rings. The van der Waals surface area contributed by atoms with Gasteiger partial charge >= 0.3 is 5.97 Å². The standard InChI is InChI=1S/C26H20ClIN2O4S/c1-30-24(31)23(35-26(30)29-20-10-6-18(7-11-20)25(32)33-2)14-17-5-12-22(21(27)13-17)34-15-16-3-8-19(28)9-4-16/h3-14H,15H2,1-2H3. The molecule has 4 rings (SSSR count). The highest BCUT2D eigenvalue weighted by molar-refractivity contribution is 14.1. The number of esters is 1. The Morgan fingerprint density at radius 3 is 2.49 bits per heavy atom. The van der Waals surface area contributed by atoms with E-state index in [1.54, 1.807) is 49.5 Å². The SMILES string of the molecule is COC(=O)c1ccc(N=C2SC(=Cc3ccc(OCc4ccc(I)cc4)c(Cl)c3)C(=O)N2C)cc1. The van der Waals surface area contributed by atoms with Crippen LogP contribution in [0.4, 0.5) is 5.69 Å². The second-order valence-electron chi connectivity index (χ2n) is 7.51. The number of likely N-dealkylation sites (N-methyl/N-ethyl adjacent to an activating group) is 1. The largest absolute Gasteiger partial charge is 0.487 e. The third-order valence-electron chi connectivity index (χ3n) is 5.08. The van der Waals surface area contributed by atoms with E-state index in [1.165, 1.54) is 23.8 Å². The summed E-state index contributed by atoms with van der Waals surface area (Å²) < 4.78 is 11.7. The van der Waals surface area contributed by atoms with Gasteiger partial charge in [-0.2, -0.15) is 0 Å². The summed E-state index contributed by atoms with van der Waals surface area (Å²) in [5, 5.41) is 1.00. The highest BCUT2D eigenvalue weighted by Gasteiger charge is 2.30. The van der Waals surface area contributed by atoms with E-state index < -0.39 is 5.97 Å². The average molecular weight is 619 g/mol. The third kappa shape index (κ3) is 6.25. The first-order valence-corrected chi connectivity index (χ1v) is 12.7. The van der Waals surface area contributed by atoms with Crippen LogP contribution in [-0.4, -0.2) is 36.1 Å². The Morgan fingerprint density at radius 2 is 1.83 bits per heavy atom. The highest BCUT2D eigenvalue weighted by Crippen LogP contribution is 2.34. The predicted octanol–water partition coefficient (Wildman–Crippen LogP) is 6.54. The van der Waals surface area contributed by atoms with Crippen molar-refractivity contribution < 1.29 is 19.1 Å². The van der Waals surface area contributed by atoms with Crippen molar-refractivity contribution in [3.05, 3.63) is 96.9 Å². The smallest absolute Gasteiger partial charge is 0.337 e. The Labute approximate surface area is 226 Å². The topological polar surface area (TPSA) is 68.2 Å². The molecule has 3 aromatic carbocycles. The second kappa shape index (κ2) is 11.3. The molecule has 0 spiro atoms. The van der Waals surface area contributed by atoms with Gasteiger partial charge in [0.25, 0.3) is 5.91 Å². The van der Waals surface area contributed by atoms with E-state index in [-0.39, 0.29) is 5.91 Å². The van der Waals surface area contributed by atoms with Gasteiger partial charge in [0.2, 0.25) is 0 Å². The van der Waals surface area contributed by atoms with Crippen LogP contribution in [0.5, 0.6) is 5.75 Å². The molecular formula is C26H20ClIN2O4S. The maximum absolute atomic E-state index is 12.8. The number of carbonyl (C=O) groups is 2. The number of halogens is 2. The van der Waals surface area contributed by atoms with Crippen LogP contribution < -0.4 is 4.74 Å². The monoisotopic (exact) mass is 618 g/mol. The lowest BCUT2D eigenvalue weighted by atomic mass is 10.2. The zero-order valence-electron chi connectivity index (χ0n) is 18.8. The molecule has 9 heteroatoms. The van der Waals surface area contributed by atoms with Gasteiger partial charge in [-0.05, 0) is 100 Å². The van der Waals surface area contributed by atoms with Gasteiger partial charge in [-0.3, -0.25) is 9.69 Å². The summed E-state index contributed by atoms with van der Waals surface area (Å²) in [5.74, 6) is 0.00419. The maximum atomic E-state index is 12.8. The van der Waals surface area contributed by atoms with Crippen molar-refractivity contribution in [3.63, 3.8) is 0 Å². The summed E-state index contributed by atoms with van der Waals surface area (Å²) in [6.45, 7) is 0.413. The number of hydrogen-bond donors (Lipinski definition) is 0. The summed E-state index contributed by atoms with van der Waals surface area (Å²) in [6, 6.07) is 20.2. The molecule has 0 aromatic heterocycles. The van der Waals surface area contributed by atoms with Crippen LogP contribution >= 0.6 is 46.0 Å². The van der Waals surface area contributed by atoms with Gasteiger partial charge in [0.05, 0.1) is 28.3 Å². The Kier molecular flexibility index (Phi) is 8.15. The first kappa shape index (κ1) is 25.3. The van der Waals surface area contributed by atoms with Gasteiger partial charge < -0.3 is 9.47 Å². The van der Waals surface area contributed by atoms with Gasteiger partial charge in [-0.25, -0.2) is 9.79 Å². The second-order valence-corrected chi connectivity index (χ2v) is 10.2. The zero-order chi connectivity index (χ0) is 24.9. The number of rotatable bonds is 6. The summed E-state index contributed by atoms with van der Waals surface area (Å²) in [4.78, 5) is 30.9. The lowest BCUT2D eigenvalue weighted by Gasteiger charge is -2.09. The molecule has 0 radical (unpaired) electrons. The van der Waals surface area contributed by atoms with Crippen LogP contribution in [0, 0.1) is 3.57 Å². The number of hydrogen-bond acceptors (Lipinski definition) is 6. The van der Waals surface area contributed by atoms with Crippen molar-refractivity contribution in [2.75, 3.05) is 14.2 Å². The molecule has 1 aliphatic heterocycles. The molecule has 1 amide bonds. The van der Waals surface area contributed by atoms with Crippen molar-refractivity contribution in [1.29, 1.82) is 0 Å². The summed E-state index contributed by atoms with van der Waals surface area (Å²) in [5.41, 5.74) is 2.89. The zero-order valence-corrected chi connectivity index (χ0v) is 22.6. The van der Waals surface area contributed by atoms with E-state index in [1.807, 2.05) is 30.3 Å². The van der Waals surface area contributed by atoms with Gasteiger partial charge in [-0.1, -0.05) is 29.8 Å². The number of ether oxygens (including phenoxy) is 2. The number of methoxy groups -OCH3 is 1. The average Bonchev–Trinajstić information content (AvgIpc) is 3.12. The minimum absolute atomic E-state index is 0.157. The van der Waals surface area contributed by atoms with Gasteiger partial charge in [0.15, 0.2) is 5.17 Å². The molecule has 1 fully saturated rings. The highest BCUT2D eigenvalue weighted by atomic mass is 127. The molecular weight excluding hydrogens is 599 g/mol. The number of thioether (sulfide) groups is 1. The molecule has 0 saturated carbocycles. The van der Waals surface area contributed by atoms with Crippen LogP contribution in [0.1, 0.15) is 21.5 Å². The third-order valence-corrected chi connectivity index (χ3v) is 7.15. The number of amidine groups is 1.